The Balaban J connectivity index is 1.44. The van der Waals surface area contributed by atoms with Crippen LogP contribution in [0.15, 0.2) is 54.6 Å². The molecule has 0 radical (unpaired) electrons. The Bertz CT molecular complexity index is 773. The number of piperidine rings is 1. The van der Waals surface area contributed by atoms with Crippen LogP contribution in [-0.2, 0) is 12.0 Å². The number of carbonyl (C=O) groups is 1. The molecule has 0 spiro atoms. The van der Waals surface area contributed by atoms with Gasteiger partial charge in [-0.05, 0) is 42.2 Å². The third-order valence-corrected chi connectivity index (χ3v) is 6.50. The number of fused-ring (bicyclic) bond motifs is 2. The van der Waals surface area contributed by atoms with Gasteiger partial charge < -0.3 is 0 Å². The zero-order valence-corrected chi connectivity index (χ0v) is 16.8. The van der Waals surface area contributed by atoms with E-state index in [4.69, 9.17) is 0 Å². The molecule has 0 aromatic heterocycles. The number of benzene rings is 2. The molecule has 0 aliphatic carbocycles. The monoisotopic (exact) mass is 361 g/mol. The summed E-state index contributed by atoms with van der Waals surface area (Å²) in [5.74, 6) is 0.543. The van der Waals surface area contributed by atoms with Gasteiger partial charge in [0.2, 0.25) is 0 Å². The fraction of sp³-hybridized carbons (Fsp3) is 0.480. The summed E-state index contributed by atoms with van der Waals surface area (Å²) < 4.78 is 0. The standard InChI is InChI=1S/C25H31NO/c1-25(2,3)21-11-9-19(10-12-21)24(27)20-15-22-13-14-23(16-20)26(22)17-18-7-5-4-6-8-18/h4-12,20,22-23H,13-17H2,1-3H3. The summed E-state index contributed by atoms with van der Waals surface area (Å²) in [5.41, 5.74) is 3.70. The molecule has 2 aliphatic rings. The highest BCUT2D eigenvalue weighted by Gasteiger charge is 2.42. The maximum absolute atomic E-state index is 13.1. The van der Waals surface area contributed by atoms with E-state index in [9.17, 15) is 4.79 Å². The van der Waals surface area contributed by atoms with E-state index in [0.717, 1.165) is 24.9 Å². The van der Waals surface area contributed by atoms with Crippen LogP contribution in [0.3, 0.4) is 0 Å². The van der Waals surface area contributed by atoms with Gasteiger partial charge in [-0.15, -0.1) is 0 Å². The number of carbonyl (C=O) groups excluding carboxylic acids is 1. The van der Waals surface area contributed by atoms with E-state index in [2.05, 4.69) is 68.1 Å². The van der Waals surface area contributed by atoms with Crippen molar-refractivity contribution in [3.8, 4) is 0 Å². The van der Waals surface area contributed by atoms with Gasteiger partial charge in [0.25, 0.3) is 0 Å². The Morgan fingerprint density at radius 1 is 0.926 bits per heavy atom. The van der Waals surface area contributed by atoms with E-state index in [0.29, 0.717) is 17.9 Å². The lowest BCUT2D eigenvalue weighted by Crippen LogP contribution is -2.44. The zero-order valence-electron chi connectivity index (χ0n) is 16.8. The third kappa shape index (κ3) is 3.87. The Hall–Kier alpha value is -1.93. The highest BCUT2D eigenvalue weighted by atomic mass is 16.1. The van der Waals surface area contributed by atoms with Crippen molar-refractivity contribution in [2.75, 3.05) is 0 Å². The van der Waals surface area contributed by atoms with E-state index in [-0.39, 0.29) is 11.3 Å². The van der Waals surface area contributed by atoms with Crippen LogP contribution in [0.5, 0.6) is 0 Å². The zero-order chi connectivity index (χ0) is 19.0. The Morgan fingerprint density at radius 3 is 2.07 bits per heavy atom. The number of hydrogen-bond acceptors (Lipinski definition) is 2. The molecule has 2 saturated heterocycles. The molecule has 142 valence electrons. The van der Waals surface area contributed by atoms with Crippen molar-refractivity contribution < 1.29 is 4.79 Å². The van der Waals surface area contributed by atoms with Crippen LogP contribution in [0, 0.1) is 5.92 Å². The molecule has 2 aromatic carbocycles. The number of ketones is 1. The predicted molar refractivity (Wildman–Crippen MR) is 111 cm³/mol. The van der Waals surface area contributed by atoms with Gasteiger partial charge in [0.15, 0.2) is 5.78 Å². The van der Waals surface area contributed by atoms with E-state index < -0.39 is 0 Å². The van der Waals surface area contributed by atoms with Crippen LogP contribution in [-0.4, -0.2) is 22.8 Å². The number of nitrogens with zero attached hydrogens (tertiary/aromatic N) is 1. The predicted octanol–water partition coefficient (Wildman–Crippen LogP) is 5.61. The highest BCUT2D eigenvalue weighted by molar-refractivity contribution is 5.98. The largest absolute Gasteiger partial charge is 0.294 e. The molecular formula is C25H31NO. The van der Waals surface area contributed by atoms with Gasteiger partial charge in [-0.3, -0.25) is 9.69 Å². The van der Waals surface area contributed by atoms with Crippen molar-refractivity contribution in [3.05, 3.63) is 71.3 Å². The van der Waals surface area contributed by atoms with Gasteiger partial charge in [0.05, 0.1) is 0 Å². The molecule has 2 aromatic rings. The average molecular weight is 362 g/mol. The van der Waals surface area contributed by atoms with E-state index in [1.807, 2.05) is 12.1 Å². The fourth-order valence-corrected chi connectivity index (χ4v) is 4.91. The van der Waals surface area contributed by atoms with Crippen molar-refractivity contribution in [3.63, 3.8) is 0 Å². The lowest BCUT2D eigenvalue weighted by molar-refractivity contribution is 0.0678. The summed E-state index contributed by atoms with van der Waals surface area (Å²) in [7, 11) is 0. The minimum absolute atomic E-state index is 0.128. The molecule has 2 fully saturated rings. The van der Waals surface area contributed by atoms with E-state index in [1.54, 1.807) is 0 Å². The van der Waals surface area contributed by atoms with E-state index in [1.165, 1.54) is 24.0 Å². The summed E-state index contributed by atoms with van der Waals surface area (Å²) in [6.45, 7) is 7.66. The van der Waals surface area contributed by atoms with Gasteiger partial charge in [0.1, 0.15) is 0 Å². The van der Waals surface area contributed by atoms with Crippen molar-refractivity contribution >= 4 is 5.78 Å². The normalized spacial score (nSPS) is 25.5. The second kappa shape index (κ2) is 7.24. The maximum atomic E-state index is 13.1. The summed E-state index contributed by atoms with van der Waals surface area (Å²) in [5, 5.41) is 0. The van der Waals surface area contributed by atoms with Crippen LogP contribution < -0.4 is 0 Å². The molecule has 2 heterocycles. The molecule has 2 aliphatic heterocycles. The quantitative estimate of drug-likeness (QED) is 0.660. The van der Waals surface area contributed by atoms with Crippen molar-refractivity contribution in [2.45, 2.75) is 70.5 Å². The van der Waals surface area contributed by atoms with Crippen LogP contribution in [0.2, 0.25) is 0 Å². The number of Topliss-reactive ketones (excluding diaryl/α,β-unsaturated/α-hetero) is 1. The van der Waals surface area contributed by atoms with Crippen LogP contribution >= 0.6 is 0 Å². The van der Waals surface area contributed by atoms with Crippen molar-refractivity contribution in [1.82, 2.24) is 4.90 Å². The SMILES string of the molecule is CC(C)(C)c1ccc(C(=O)C2CC3CCC(C2)N3Cc2ccccc2)cc1. The summed E-state index contributed by atoms with van der Waals surface area (Å²) in [4.78, 5) is 15.8. The lowest BCUT2D eigenvalue weighted by Gasteiger charge is -2.38. The number of rotatable bonds is 4. The van der Waals surface area contributed by atoms with Gasteiger partial charge in [-0.2, -0.15) is 0 Å². The molecule has 0 saturated carbocycles. The first-order chi connectivity index (χ1) is 12.9. The molecule has 2 atom stereocenters. The highest BCUT2D eigenvalue weighted by Crippen LogP contribution is 2.40. The fourth-order valence-electron chi connectivity index (χ4n) is 4.91. The van der Waals surface area contributed by atoms with Crippen molar-refractivity contribution in [1.29, 1.82) is 0 Å². The summed E-state index contributed by atoms with van der Waals surface area (Å²) >= 11 is 0. The van der Waals surface area contributed by atoms with Crippen LogP contribution in [0.1, 0.15) is 67.9 Å². The van der Waals surface area contributed by atoms with Gasteiger partial charge >= 0.3 is 0 Å². The second-order valence-electron chi connectivity index (χ2n) is 9.40. The molecule has 0 amide bonds. The molecule has 2 heteroatoms. The molecule has 2 nitrogen and oxygen atoms in total. The first-order valence-electron chi connectivity index (χ1n) is 10.4. The first kappa shape index (κ1) is 18.4. The van der Waals surface area contributed by atoms with E-state index >= 15 is 0 Å². The minimum atomic E-state index is 0.128. The van der Waals surface area contributed by atoms with Gasteiger partial charge in [-0.25, -0.2) is 0 Å². The molecular weight excluding hydrogens is 330 g/mol. The third-order valence-electron chi connectivity index (χ3n) is 6.50. The molecule has 0 N–H and O–H groups in total. The summed E-state index contributed by atoms with van der Waals surface area (Å²) in [6, 6.07) is 20.2. The van der Waals surface area contributed by atoms with Crippen LogP contribution in [0.25, 0.3) is 0 Å². The van der Waals surface area contributed by atoms with Crippen molar-refractivity contribution in [2.24, 2.45) is 5.92 Å². The van der Waals surface area contributed by atoms with Gasteiger partial charge in [-0.1, -0.05) is 75.4 Å². The molecule has 2 bridgehead atoms. The Labute approximate surface area is 163 Å². The number of hydrogen-bond donors (Lipinski definition) is 0. The van der Waals surface area contributed by atoms with Gasteiger partial charge in [0, 0.05) is 30.1 Å². The summed E-state index contributed by atoms with van der Waals surface area (Å²) in [6.07, 6.45) is 4.51. The molecule has 2 unspecified atom stereocenters. The Kier molecular flexibility index (Phi) is 4.94. The molecule has 27 heavy (non-hydrogen) atoms. The van der Waals surface area contributed by atoms with Crippen LogP contribution in [0.4, 0.5) is 0 Å². The minimum Gasteiger partial charge on any atom is -0.294 e. The maximum Gasteiger partial charge on any atom is 0.166 e. The molecule has 4 rings (SSSR count). The smallest absolute Gasteiger partial charge is 0.166 e. The first-order valence-corrected chi connectivity index (χ1v) is 10.4. The second-order valence-corrected chi connectivity index (χ2v) is 9.40. The topological polar surface area (TPSA) is 20.3 Å². The average Bonchev–Trinajstić information content (AvgIpc) is 2.89. The Morgan fingerprint density at radius 2 is 1.52 bits per heavy atom. The lowest BCUT2D eigenvalue weighted by atomic mass is 9.82.